The van der Waals surface area contributed by atoms with Crippen molar-refractivity contribution in [1.29, 1.82) is 0 Å². The summed E-state index contributed by atoms with van der Waals surface area (Å²) >= 11 is 0. The van der Waals surface area contributed by atoms with E-state index in [1.54, 1.807) is 29.0 Å². The first-order valence-electron chi connectivity index (χ1n) is 13.6. The fourth-order valence-corrected chi connectivity index (χ4v) is 5.48. The highest BCUT2D eigenvalue weighted by atomic mass is 16.5. The zero-order valence-corrected chi connectivity index (χ0v) is 22.5. The van der Waals surface area contributed by atoms with E-state index in [2.05, 4.69) is 20.3 Å². The Hall–Kier alpha value is -4.25. The van der Waals surface area contributed by atoms with Gasteiger partial charge in [0.2, 0.25) is 5.91 Å². The van der Waals surface area contributed by atoms with Crippen LogP contribution in [0.4, 0.5) is 11.5 Å². The van der Waals surface area contributed by atoms with Gasteiger partial charge in [-0.05, 0) is 31.0 Å². The van der Waals surface area contributed by atoms with Crippen molar-refractivity contribution >= 4 is 29.3 Å². The summed E-state index contributed by atoms with van der Waals surface area (Å²) in [6.45, 7) is 3.13. The van der Waals surface area contributed by atoms with Gasteiger partial charge in [-0.25, -0.2) is 4.98 Å². The Labute approximate surface area is 232 Å². The molecule has 1 aliphatic carbocycles. The van der Waals surface area contributed by atoms with Crippen LogP contribution in [0.25, 0.3) is 11.3 Å². The molecule has 2 atom stereocenters. The summed E-state index contributed by atoms with van der Waals surface area (Å²) in [6, 6.07) is 15.1. The molecule has 5 rings (SSSR count). The molecular formula is C29H34N6O5. The summed E-state index contributed by atoms with van der Waals surface area (Å²) in [5.74, 6) is -1.44. The van der Waals surface area contributed by atoms with Crippen molar-refractivity contribution in [2.24, 2.45) is 11.8 Å². The summed E-state index contributed by atoms with van der Waals surface area (Å²) in [7, 11) is 1.61. The van der Waals surface area contributed by atoms with E-state index in [9.17, 15) is 19.5 Å². The number of amides is 2. The minimum Gasteiger partial charge on any atom is -0.481 e. The largest absolute Gasteiger partial charge is 0.481 e. The summed E-state index contributed by atoms with van der Waals surface area (Å²) in [6.07, 6.45) is 3.62. The van der Waals surface area contributed by atoms with E-state index in [1.165, 1.54) is 0 Å². The smallest absolute Gasteiger partial charge is 0.307 e. The van der Waals surface area contributed by atoms with Crippen LogP contribution in [0.15, 0.2) is 54.7 Å². The third kappa shape index (κ3) is 5.99. The number of aromatic nitrogens is 3. The van der Waals surface area contributed by atoms with E-state index in [-0.39, 0.29) is 11.8 Å². The molecule has 2 aliphatic rings. The van der Waals surface area contributed by atoms with Crippen LogP contribution in [0.5, 0.6) is 0 Å². The standard InChI is InChI=1S/C29H34N6O5/c1-40-17-16-35-25(18-24(32-35)20-6-3-2-4-7-20)27(36)31-21-10-11-26(30-19-21)33-12-14-34(15-13-33)28(37)22-8-5-9-23(22)29(38)39/h2-4,6-7,10-11,18-19,22-23H,5,8-9,12-17H2,1H3,(H,31,36)(H,38,39)/t22-,23-/m0/s1. The summed E-state index contributed by atoms with van der Waals surface area (Å²) in [4.78, 5) is 46.1. The molecule has 1 aliphatic heterocycles. The molecule has 1 saturated carbocycles. The molecule has 3 aromatic rings. The predicted octanol–water partition coefficient (Wildman–Crippen LogP) is 2.99. The Kier molecular flexibility index (Phi) is 8.40. The molecule has 210 valence electrons. The van der Waals surface area contributed by atoms with Gasteiger partial charge in [-0.1, -0.05) is 36.8 Å². The van der Waals surface area contributed by atoms with E-state index >= 15 is 0 Å². The first kappa shape index (κ1) is 27.3. The number of carboxylic acid groups (broad SMARTS) is 1. The minimum atomic E-state index is -0.873. The topological polar surface area (TPSA) is 130 Å². The average molecular weight is 547 g/mol. The predicted molar refractivity (Wildman–Crippen MR) is 149 cm³/mol. The Bertz CT molecular complexity index is 1330. The number of rotatable bonds is 9. The number of pyridine rings is 1. The van der Waals surface area contributed by atoms with Gasteiger partial charge in [-0.15, -0.1) is 0 Å². The highest BCUT2D eigenvalue weighted by Crippen LogP contribution is 2.33. The Morgan fingerprint density at radius 3 is 2.45 bits per heavy atom. The Morgan fingerprint density at radius 2 is 1.77 bits per heavy atom. The maximum absolute atomic E-state index is 13.2. The minimum absolute atomic E-state index is 0.0456. The van der Waals surface area contributed by atoms with Gasteiger partial charge in [0.05, 0.1) is 42.6 Å². The van der Waals surface area contributed by atoms with E-state index < -0.39 is 17.8 Å². The van der Waals surface area contributed by atoms with Gasteiger partial charge >= 0.3 is 5.97 Å². The van der Waals surface area contributed by atoms with Crippen LogP contribution in [0.2, 0.25) is 0 Å². The lowest BCUT2D eigenvalue weighted by atomic mass is 9.94. The lowest BCUT2D eigenvalue weighted by Crippen LogP contribution is -2.51. The first-order valence-corrected chi connectivity index (χ1v) is 13.6. The molecular weight excluding hydrogens is 512 g/mol. The number of hydrogen-bond donors (Lipinski definition) is 2. The zero-order chi connectivity index (χ0) is 28.1. The molecule has 2 aromatic heterocycles. The Morgan fingerprint density at radius 1 is 1.02 bits per heavy atom. The quantitative estimate of drug-likeness (QED) is 0.419. The van der Waals surface area contributed by atoms with Gasteiger partial charge in [0.1, 0.15) is 11.5 Å². The van der Waals surface area contributed by atoms with E-state index in [0.29, 0.717) is 69.2 Å². The maximum Gasteiger partial charge on any atom is 0.307 e. The van der Waals surface area contributed by atoms with Crippen molar-refractivity contribution in [1.82, 2.24) is 19.7 Å². The van der Waals surface area contributed by atoms with E-state index in [1.807, 2.05) is 42.5 Å². The molecule has 0 spiro atoms. The highest BCUT2D eigenvalue weighted by molar-refractivity contribution is 6.03. The van der Waals surface area contributed by atoms with Gasteiger partial charge < -0.3 is 25.0 Å². The number of carbonyl (C=O) groups excluding carboxylic acids is 2. The van der Waals surface area contributed by atoms with Gasteiger partial charge in [0, 0.05) is 38.9 Å². The lowest BCUT2D eigenvalue weighted by Gasteiger charge is -2.37. The second kappa shape index (κ2) is 12.3. The molecule has 11 nitrogen and oxygen atoms in total. The van der Waals surface area contributed by atoms with Crippen LogP contribution in [-0.2, 0) is 20.9 Å². The van der Waals surface area contributed by atoms with Crippen molar-refractivity contribution in [3.8, 4) is 11.3 Å². The van der Waals surface area contributed by atoms with Crippen molar-refractivity contribution in [2.45, 2.75) is 25.8 Å². The summed E-state index contributed by atoms with van der Waals surface area (Å²) < 4.78 is 6.84. The van der Waals surface area contributed by atoms with Crippen LogP contribution in [0.3, 0.4) is 0 Å². The van der Waals surface area contributed by atoms with E-state index in [0.717, 1.165) is 17.8 Å². The molecule has 1 aromatic carbocycles. The van der Waals surface area contributed by atoms with Gasteiger partial charge in [-0.2, -0.15) is 5.10 Å². The van der Waals surface area contributed by atoms with Gasteiger partial charge in [0.15, 0.2) is 0 Å². The van der Waals surface area contributed by atoms with Crippen LogP contribution >= 0.6 is 0 Å². The molecule has 2 N–H and O–H groups in total. The fraction of sp³-hybridized carbons (Fsp3) is 0.414. The van der Waals surface area contributed by atoms with Crippen LogP contribution in [-0.4, -0.2) is 82.5 Å². The summed E-state index contributed by atoms with van der Waals surface area (Å²) in [5.41, 5.74) is 2.61. The van der Waals surface area contributed by atoms with Crippen LogP contribution in [0, 0.1) is 11.8 Å². The molecule has 40 heavy (non-hydrogen) atoms. The number of hydrogen-bond acceptors (Lipinski definition) is 7. The SMILES string of the molecule is COCCn1nc(-c2ccccc2)cc1C(=O)Nc1ccc(N2CCN(C(=O)[C@H]3CCC[C@@H]3C(=O)O)CC2)nc1. The number of ether oxygens (including phenoxy) is 1. The molecule has 3 heterocycles. The number of carbonyl (C=O) groups is 3. The summed E-state index contributed by atoms with van der Waals surface area (Å²) in [5, 5.41) is 17.0. The Balaban J connectivity index is 1.20. The highest BCUT2D eigenvalue weighted by Gasteiger charge is 2.40. The van der Waals surface area contributed by atoms with Crippen LogP contribution in [0.1, 0.15) is 29.8 Å². The third-order valence-corrected chi connectivity index (χ3v) is 7.66. The molecule has 0 unspecified atom stereocenters. The molecule has 2 fully saturated rings. The molecule has 2 amide bonds. The number of benzene rings is 1. The van der Waals surface area contributed by atoms with Crippen molar-refractivity contribution in [2.75, 3.05) is 50.1 Å². The third-order valence-electron chi connectivity index (χ3n) is 7.66. The molecule has 0 bridgehead atoms. The second-order valence-electron chi connectivity index (χ2n) is 10.2. The van der Waals surface area contributed by atoms with Gasteiger partial charge in [-0.3, -0.25) is 19.1 Å². The maximum atomic E-state index is 13.2. The fourth-order valence-electron chi connectivity index (χ4n) is 5.48. The van der Waals surface area contributed by atoms with Crippen molar-refractivity contribution in [3.05, 3.63) is 60.4 Å². The number of nitrogens with zero attached hydrogens (tertiary/aromatic N) is 5. The first-order chi connectivity index (χ1) is 19.4. The number of piperazine rings is 1. The van der Waals surface area contributed by atoms with Crippen molar-refractivity contribution < 1.29 is 24.2 Å². The van der Waals surface area contributed by atoms with Crippen molar-refractivity contribution in [3.63, 3.8) is 0 Å². The number of nitrogens with one attached hydrogen (secondary N) is 1. The normalized spacial score (nSPS) is 19.0. The number of aliphatic carboxylic acids is 1. The molecule has 0 radical (unpaired) electrons. The molecule has 11 heteroatoms. The monoisotopic (exact) mass is 546 g/mol. The number of anilines is 2. The van der Waals surface area contributed by atoms with E-state index in [4.69, 9.17) is 4.74 Å². The zero-order valence-electron chi connectivity index (χ0n) is 22.5. The van der Waals surface area contributed by atoms with Crippen LogP contribution < -0.4 is 10.2 Å². The number of methoxy groups -OCH3 is 1. The molecule has 1 saturated heterocycles. The average Bonchev–Trinajstić information content (AvgIpc) is 3.65. The second-order valence-corrected chi connectivity index (χ2v) is 10.2. The van der Waals surface area contributed by atoms with Gasteiger partial charge in [0.25, 0.3) is 5.91 Å². The number of carboxylic acids is 1. The lowest BCUT2D eigenvalue weighted by molar-refractivity contribution is -0.149.